The molecule has 0 saturated heterocycles. The van der Waals surface area contributed by atoms with E-state index in [0.717, 1.165) is 36.9 Å². The molecule has 1 atom stereocenters. The summed E-state index contributed by atoms with van der Waals surface area (Å²) in [6.45, 7) is 0. The van der Waals surface area contributed by atoms with Crippen LogP contribution in [0.3, 0.4) is 0 Å². The van der Waals surface area contributed by atoms with Crippen molar-refractivity contribution in [1.29, 1.82) is 0 Å². The number of hydrazine groups is 1. The van der Waals surface area contributed by atoms with E-state index in [0.29, 0.717) is 5.56 Å². The fourth-order valence-corrected chi connectivity index (χ4v) is 3.81. The van der Waals surface area contributed by atoms with E-state index >= 15 is 0 Å². The first-order valence-corrected chi connectivity index (χ1v) is 9.28. The van der Waals surface area contributed by atoms with Crippen LogP contribution in [-0.2, 0) is 4.79 Å². The molecule has 1 saturated carbocycles. The summed E-state index contributed by atoms with van der Waals surface area (Å²) < 4.78 is 0. The Bertz CT molecular complexity index is 800. The molecule has 1 aliphatic heterocycles. The third-order valence-electron chi connectivity index (χ3n) is 5.25. The van der Waals surface area contributed by atoms with Crippen molar-refractivity contribution in [3.63, 3.8) is 0 Å². The van der Waals surface area contributed by atoms with Gasteiger partial charge in [-0.1, -0.05) is 61.7 Å². The summed E-state index contributed by atoms with van der Waals surface area (Å²) in [7, 11) is 0. The number of carbonyl (C=O) groups is 2. The smallest absolute Gasteiger partial charge is 0.276 e. The molecule has 2 aromatic carbocycles. The number of carbonyl (C=O) groups excluding carboxylic acids is 2. The van der Waals surface area contributed by atoms with E-state index in [1.807, 2.05) is 48.5 Å². The number of rotatable bonds is 3. The van der Waals surface area contributed by atoms with Gasteiger partial charge in [-0.15, -0.1) is 0 Å². The number of para-hydroxylation sites is 1. The maximum absolute atomic E-state index is 13.1. The van der Waals surface area contributed by atoms with Crippen molar-refractivity contribution in [3.05, 3.63) is 65.7 Å². The minimum absolute atomic E-state index is 0.00913. The number of hydrogen-bond donors (Lipinski definition) is 2. The molecule has 0 bridgehead atoms. The van der Waals surface area contributed by atoms with Crippen LogP contribution in [0.1, 0.15) is 54.2 Å². The van der Waals surface area contributed by atoms with E-state index < -0.39 is 6.17 Å². The van der Waals surface area contributed by atoms with Gasteiger partial charge in [0.05, 0.1) is 5.56 Å². The van der Waals surface area contributed by atoms with Gasteiger partial charge in [0.2, 0.25) is 5.91 Å². The zero-order chi connectivity index (χ0) is 17.9. The Morgan fingerprint density at radius 2 is 1.65 bits per heavy atom. The lowest BCUT2D eigenvalue weighted by molar-refractivity contribution is -0.130. The number of benzene rings is 2. The summed E-state index contributed by atoms with van der Waals surface area (Å²) in [5.74, 6) is -0.248. The standard InChI is InChI=1S/C21H23N3O2/c25-20(16-11-5-2-6-12-16)23-24-19(15-9-3-1-4-10-15)22-18-14-8-7-13-17(18)21(24)26/h1,3-4,7-10,13-14,16,19,22H,2,5-6,11-12H2,(H,23,25). The van der Waals surface area contributed by atoms with Crippen molar-refractivity contribution in [1.82, 2.24) is 10.4 Å². The summed E-state index contributed by atoms with van der Waals surface area (Å²) in [5, 5.41) is 4.85. The molecular weight excluding hydrogens is 326 g/mol. The fraction of sp³-hybridized carbons (Fsp3) is 0.333. The number of nitrogens with one attached hydrogen (secondary N) is 2. The molecule has 26 heavy (non-hydrogen) atoms. The van der Waals surface area contributed by atoms with Gasteiger partial charge >= 0.3 is 0 Å². The van der Waals surface area contributed by atoms with Crippen LogP contribution in [0.2, 0.25) is 0 Å². The molecule has 4 rings (SSSR count). The summed E-state index contributed by atoms with van der Waals surface area (Å²) >= 11 is 0. The Morgan fingerprint density at radius 3 is 2.42 bits per heavy atom. The van der Waals surface area contributed by atoms with Gasteiger partial charge in [0.25, 0.3) is 5.91 Å². The van der Waals surface area contributed by atoms with Gasteiger partial charge in [-0.2, -0.15) is 0 Å². The third-order valence-corrected chi connectivity index (χ3v) is 5.25. The van der Waals surface area contributed by atoms with E-state index in [4.69, 9.17) is 0 Å². The molecule has 0 radical (unpaired) electrons. The maximum atomic E-state index is 13.1. The van der Waals surface area contributed by atoms with Gasteiger partial charge < -0.3 is 5.32 Å². The highest BCUT2D eigenvalue weighted by Crippen LogP contribution is 2.32. The number of amides is 2. The Hall–Kier alpha value is -2.82. The second-order valence-corrected chi connectivity index (χ2v) is 6.99. The van der Waals surface area contributed by atoms with Crippen LogP contribution in [0.4, 0.5) is 5.69 Å². The highest BCUT2D eigenvalue weighted by atomic mass is 16.2. The second kappa shape index (κ2) is 7.20. The Kier molecular flexibility index (Phi) is 4.61. The van der Waals surface area contributed by atoms with Crippen molar-refractivity contribution in [2.75, 3.05) is 5.32 Å². The van der Waals surface area contributed by atoms with Crippen molar-refractivity contribution < 1.29 is 9.59 Å². The van der Waals surface area contributed by atoms with Crippen molar-refractivity contribution in [2.24, 2.45) is 5.92 Å². The van der Waals surface area contributed by atoms with Gasteiger partial charge in [-0.05, 0) is 30.5 Å². The molecule has 1 aliphatic carbocycles. The van der Waals surface area contributed by atoms with Crippen LogP contribution in [0.15, 0.2) is 54.6 Å². The predicted molar refractivity (Wildman–Crippen MR) is 100 cm³/mol. The summed E-state index contributed by atoms with van der Waals surface area (Å²) in [4.78, 5) is 25.9. The van der Waals surface area contributed by atoms with Crippen molar-refractivity contribution in [3.8, 4) is 0 Å². The third kappa shape index (κ3) is 3.17. The van der Waals surface area contributed by atoms with E-state index in [1.54, 1.807) is 6.07 Å². The molecule has 0 aromatic heterocycles. The van der Waals surface area contributed by atoms with E-state index in [2.05, 4.69) is 10.7 Å². The summed E-state index contributed by atoms with van der Waals surface area (Å²) in [5.41, 5.74) is 5.20. The molecule has 2 N–H and O–H groups in total. The second-order valence-electron chi connectivity index (χ2n) is 6.99. The van der Waals surface area contributed by atoms with Crippen LogP contribution in [0.5, 0.6) is 0 Å². The lowest BCUT2D eigenvalue weighted by Gasteiger charge is -2.38. The average molecular weight is 349 g/mol. The highest BCUT2D eigenvalue weighted by molar-refractivity contribution is 6.02. The van der Waals surface area contributed by atoms with Crippen LogP contribution >= 0.6 is 0 Å². The van der Waals surface area contributed by atoms with Crippen LogP contribution in [0, 0.1) is 5.92 Å². The normalized spacial score (nSPS) is 20.2. The number of nitrogens with zero attached hydrogens (tertiary/aromatic N) is 1. The molecule has 134 valence electrons. The lowest BCUT2D eigenvalue weighted by Crippen LogP contribution is -2.54. The van der Waals surface area contributed by atoms with Crippen molar-refractivity contribution >= 4 is 17.5 Å². The van der Waals surface area contributed by atoms with Gasteiger partial charge in [-0.3, -0.25) is 15.0 Å². The molecule has 1 heterocycles. The SMILES string of the molecule is O=C(NN1C(=O)c2ccccc2NC1c1ccccc1)C1CCCCC1. The number of hydrogen-bond acceptors (Lipinski definition) is 3. The minimum atomic E-state index is -0.425. The molecule has 2 amide bonds. The van der Waals surface area contributed by atoms with Crippen LogP contribution in [0.25, 0.3) is 0 Å². The molecule has 2 aliphatic rings. The first-order chi connectivity index (χ1) is 12.7. The summed E-state index contributed by atoms with van der Waals surface area (Å²) in [6.07, 6.45) is 4.71. The predicted octanol–water partition coefficient (Wildman–Crippen LogP) is 3.86. The highest BCUT2D eigenvalue weighted by Gasteiger charge is 2.35. The van der Waals surface area contributed by atoms with Gasteiger partial charge in [0.15, 0.2) is 0 Å². The topological polar surface area (TPSA) is 61.4 Å². The molecule has 5 nitrogen and oxygen atoms in total. The zero-order valence-corrected chi connectivity index (χ0v) is 14.7. The first kappa shape index (κ1) is 16.6. The van der Waals surface area contributed by atoms with Gasteiger partial charge in [-0.25, -0.2) is 5.01 Å². The molecule has 2 aromatic rings. The molecule has 0 spiro atoms. The van der Waals surface area contributed by atoms with E-state index in [1.165, 1.54) is 11.4 Å². The summed E-state index contributed by atoms with van der Waals surface area (Å²) in [6, 6.07) is 17.1. The molecular formula is C21H23N3O2. The Balaban J connectivity index is 1.64. The monoisotopic (exact) mass is 349 g/mol. The molecule has 1 unspecified atom stereocenters. The zero-order valence-electron chi connectivity index (χ0n) is 14.7. The first-order valence-electron chi connectivity index (χ1n) is 9.28. The molecule has 1 fully saturated rings. The van der Waals surface area contributed by atoms with Crippen LogP contribution in [-0.4, -0.2) is 16.8 Å². The number of fused-ring (bicyclic) bond motifs is 1. The quantitative estimate of drug-likeness (QED) is 0.884. The fourth-order valence-electron chi connectivity index (χ4n) is 3.81. The average Bonchev–Trinajstić information content (AvgIpc) is 2.71. The lowest BCUT2D eigenvalue weighted by atomic mass is 9.89. The Labute approximate surface area is 153 Å². The number of anilines is 1. The van der Waals surface area contributed by atoms with Crippen molar-refractivity contribution in [2.45, 2.75) is 38.3 Å². The van der Waals surface area contributed by atoms with E-state index in [9.17, 15) is 9.59 Å². The van der Waals surface area contributed by atoms with Gasteiger partial charge in [0.1, 0.15) is 6.17 Å². The van der Waals surface area contributed by atoms with Crippen LogP contribution < -0.4 is 10.7 Å². The minimum Gasteiger partial charge on any atom is -0.359 e. The molecule has 5 heteroatoms. The van der Waals surface area contributed by atoms with Gasteiger partial charge in [0, 0.05) is 11.6 Å². The Morgan fingerprint density at radius 1 is 0.962 bits per heavy atom. The van der Waals surface area contributed by atoms with E-state index in [-0.39, 0.29) is 17.7 Å². The largest absolute Gasteiger partial charge is 0.359 e. The maximum Gasteiger partial charge on any atom is 0.276 e.